The summed E-state index contributed by atoms with van der Waals surface area (Å²) in [5.41, 5.74) is 0. The summed E-state index contributed by atoms with van der Waals surface area (Å²) in [7, 11) is -0.816. The molecule has 0 bridgehead atoms. The number of rotatable bonds is 11. The van der Waals surface area contributed by atoms with E-state index in [1.54, 1.807) is 7.05 Å². The van der Waals surface area contributed by atoms with Crippen molar-refractivity contribution in [2.45, 2.75) is 39.5 Å². The average molecular weight is 303 g/mol. The molecule has 19 heavy (non-hydrogen) atoms. The molecule has 0 aliphatic heterocycles. The van der Waals surface area contributed by atoms with Gasteiger partial charge < -0.3 is 14.2 Å². The molecule has 0 radical (unpaired) electrons. The quantitative estimate of drug-likeness (QED) is 0.286. The smallest absolute Gasteiger partial charge is 0.766 e. The summed E-state index contributed by atoms with van der Waals surface area (Å²) >= 11 is 0. The Hall–Kier alpha value is 1.07. The summed E-state index contributed by atoms with van der Waals surface area (Å²) in [6.45, 7) is 5.13. The maximum Gasteiger partial charge on any atom is 1.00 e. The molecule has 0 rings (SSSR count). The van der Waals surface area contributed by atoms with Gasteiger partial charge in [-0.1, -0.05) is 33.1 Å². The molecule has 0 saturated carbocycles. The van der Waals surface area contributed by atoms with E-state index in [0.717, 1.165) is 25.7 Å². The van der Waals surface area contributed by atoms with E-state index in [-0.39, 0.29) is 42.8 Å². The van der Waals surface area contributed by atoms with Crippen molar-refractivity contribution in [2.75, 3.05) is 33.9 Å². The molecule has 0 aliphatic rings. The largest absolute Gasteiger partial charge is 1.00 e. The van der Waals surface area contributed by atoms with Crippen LogP contribution < -0.4 is 34.5 Å². The molecule has 0 amide bonds. The van der Waals surface area contributed by atoms with Crippen molar-refractivity contribution < 1.29 is 48.3 Å². The van der Waals surface area contributed by atoms with Crippen molar-refractivity contribution >= 4 is 7.75 Å². The molecule has 0 spiro atoms. The molecule has 0 fully saturated rings. The molecule has 2 atom stereocenters. The number of hydrogen-bond donors (Lipinski definition) is 0. The number of nitrogens with zero attached hydrogens (tertiary/aromatic N) is 1. The molecule has 2 unspecified atom stereocenters. The van der Waals surface area contributed by atoms with Crippen LogP contribution in [0, 0.1) is 5.92 Å². The third-order valence-corrected chi connectivity index (χ3v) is 4.53. The molecular weight excluding hydrogens is 276 g/mol. The van der Waals surface area contributed by atoms with Gasteiger partial charge in [0.1, 0.15) is 0 Å². The van der Waals surface area contributed by atoms with Gasteiger partial charge in [0.15, 0.2) is 0 Å². The molecule has 0 aromatic heterocycles. The first-order chi connectivity index (χ1) is 8.47. The summed E-state index contributed by atoms with van der Waals surface area (Å²) in [6, 6.07) is 0. The van der Waals surface area contributed by atoms with Gasteiger partial charge in [0, 0.05) is 13.7 Å². The molecular formula is C12H27NNaO4P. The van der Waals surface area contributed by atoms with Gasteiger partial charge in [-0.2, -0.15) is 0 Å². The zero-order valence-electron chi connectivity index (χ0n) is 13.1. The minimum absolute atomic E-state index is 0. The van der Waals surface area contributed by atoms with Gasteiger partial charge in [0.05, 0.1) is 13.2 Å². The summed E-state index contributed by atoms with van der Waals surface area (Å²) in [4.78, 5) is 11.8. The zero-order chi connectivity index (χ0) is 14.0. The number of ether oxygens (including phenoxy) is 1. The first-order valence-electron chi connectivity index (χ1n) is 6.64. The first-order valence-corrected chi connectivity index (χ1v) is 8.13. The van der Waals surface area contributed by atoms with E-state index in [4.69, 9.17) is 9.26 Å². The van der Waals surface area contributed by atoms with Crippen LogP contribution in [-0.4, -0.2) is 38.6 Å². The molecule has 7 heteroatoms. The maximum atomic E-state index is 11.8. The van der Waals surface area contributed by atoms with Crippen molar-refractivity contribution in [3.63, 3.8) is 0 Å². The topological polar surface area (TPSA) is 61.8 Å². The van der Waals surface area contributed by atoms with Crippen molar-refractivity contribution in [1.82, 2.24) is 4.67 Å². The van der Waals surface area contributed by atoms with Gasteiger partial charge in [0.2, 0.25) is 7.75 Å². The first kappa shape index (κ1) is 22.4. The molecule has 0 heterocycles. The predicted octanol–water partition coefficient (Wildman–Crippen LogP) is -0.730. The van der Waals surface area contributed by atoms with E-state index in [0.29, 0.717) is 12.5 Å². The van der Waals surface area contributed by atoms with E-state index in [9.17, 15) is 9.46 Å². The molecule has 0 saturated heterocycles. The Morgan fingerprint density at radius 3 is 2.42 bits per heavy atom. The van der Waals surface area contributed by atoms with Crippen molar-refractivity contribution in [3.8, 4) is 0 Å². The van der Waals surface area contributed by atoms with E-state index < -0.39 is 7.75 Å². The second-order valence-corrected chi connectivity index (χ2v) is 6.43. The number of unbranched alkanes of at least 4 members (excludes halogenated alkanes) is 1. The van der Waals surface area contributed by atoms with Crippen LogP contribution >= 0.6 is 7.75 Å². The van der Waals surface area contributed by atoms with Crippen LogP contribution in [-0.2, 0) is 13.8 Å². The summed E-state index contributed by atoms with van der Waals surface area (Å²) in [6.07, 6.45) is 4.33. The Balaban J connectivity index is 0. The van der Waals surface area contributed by atoms with Crippen LogP contribution in [0.3, 0.4) is 0 Å². The normalized spacial score (nSPS) is 15.9. The van der Waals surface area contributed by atoms with E-state index in [1.807, 2.05) is 0 Å². The molecule has 0 aromatic rings. The van der Waals surface area contributed by atoms with Crippen molar-refractivity contribution in [3.05, 3.63) is 0 Å². The van der Waals surface area contributed by atoms with Crippen LogP contribution in [0.4, 0.5) is 0 Å². The fourth-order valence-electron chi connectivity index (χ4n) is 1.73. The third-order valence-electron chi connectivity index (χ3n) is 3.03. The number of methoxy groups -OCH3 is 1. The summed E-state index contributed by atoms with van der Waals surface area (Å²) in [5.74, 6) is 0.406. The Kier molecular flexibility index (Phi) is 15.0. The van der Waals surface area contributed by atoms with E-state index in [2.05, 4.69) is 13.8 Å². The second kappa shape index (κ2) is 12.8. The zero-order valence-corrected chi connectivity index (χ0v) is 15.9. The van der Waals surface area contributed by atoms with Crippen molar-refractivity contribution in [2.24, 2.45) is 5.92 Å². The Morgan fingerprint density at radius 1 is 1.32 bits per heavy atom. The summed E-state index contributed by atoms with van der Waals surface area (Å²) < 4.78 is 22.8. The standard InChI is InChI=1S/C12H28NO4P.Na/c1-5-7-8-12(6-2)11-13(3)18(14,15)17-10-9-16-4;/h12H,5-11H2,1-4H3,(H,14,15);/q;+1/p-1. The van der Waals surface area contributed by atoms with Crippen LogP contribution in [0.15, 0.2) is 0 Å². The van der Waals surface area contributed by atoms with Crippen LogP contribution in [0.5, 0.6) is 0 Å². The van der Waals surface area contributed by atoms with Crippen molar-refractivity contribution in [1.29, 1.82) is 0 Å². The van der Waals surface area contributed by atoms with Gasteiger partial charge in [-0.3, -0.25) is 4.57 Å². The van der Waals surface area contributed by atoms with Gasteiger partial charge in [-0.15, -0.1) is 0 Å². The van der Waals surface area contributed by atoms with E-state index >= 15 is 0 Å². The molecule has 110 valence electrons. The van der Waals surface area contributed by atoms with Gasteiger partial charge in [0.25, 0.3) is 0 Å². The Labute approximate surface area is 139 Å². The predicted molar refractivity (Wildman–Crippen MR) is 71.4 cm³/mol. The molecule has 5 nitrogen and oxygen atoms in total. The van der Waals surface area contributed by atoms with Gasteiger partial charge in [-0.25, -0.2) is 4.67 Å². The van der Waals surface area contributed by atoms with Crippen LogP contribution in [0.2, 0.25) is 0 Å². The summed E-state index contributed by atoms with van der Waals surface area (Å²) in [5, 5.41) is 0. The van der Waals surface area contributed by atoms with Gasteiger partial charge in [-0.05, 0) is 19.4 Å². The van der Waals surface area contributed by atoms with Crippen LogP contribution in [0.1, 0.15) is 39.5 Å². The third kappa shape index (κ3) is 10.4. The monoisotopic (exact) mass is 303 g/mol. The second-order valence-electron chi connectivity index (χ2n) is 4.55. The Bertz CT molecular complexity index is 256. The fourth-order valence-corrected chi connectivity index (χ4v) is 2.66. The number of hydrogen-bond acceptors (Lipinski definition) is 4. The minimum atomic E-state index is -3.91. The maximum absolute atomic E-state index is 11.8. The molecule has 0 aromatic carbocycles. The minimum Gasteiger partial charge on any atom is -0.766 e. The molecule has 0 N–H and O–H groups in total. The van der Waals surface area contributed by atoms with E-state index in [1.165, 1.54) is 11.8 Å². The average Bonchev–Trinajstić information content (AvgIpc) is 2.34. The Morgan fingerprint density at radius 2 is 1.95 bits per heavy atom. The molecule has 0 aliphatic carbocycles. The fraction of sp³-hybridized carbons (Fsp3) is 1.00. The van der Waals surface area contributed by atoms with Crippen LogP contribution in [0.25, 0.3) is 0 Å². The SMILES string of the molecule is CCCCC(CC)CN(C)P(=O)([O-])OCCOC.[Na+]. The van der Waals surface area contributed by atoms with Gasteiger partial charge >= 0.3 is 29.6 Å².